The summed E-state index contributed by atoms with van der Waals surface area (Å²) in [6.45, 7) is 0. The number of thiazole rings is 1. The highest BCUT2D eigenvalue weighted by Crippen LogP contribution is 2.33. The molecule has 27 heavy (non-hydrogen) atoms. The predicted octanol–water partition coefficient (Wildman–Crippen LogP) is 3.02. The van der Waals surface area contributed by atoms with Crippen LogP contribution in [-0.4, -0.2) is 38.9 Å². The van der Waals surface area contributed by atoms with Crippen molar-refractivity contribution in [2.24, 2.45) is 12.0 Å². The van der Waals surface area contributed by atoms with Crippen LogP contribution in [0.3, 0.4) is 0 Å². The van der Waals surface area contributed by atoms with Gasteiger partial charge in [0.15, 0.2) is 16.3 Å². The van der Waals surface area contributed by atoms with E-state index in [9.17, 15) is 4.79 Å². The van der Waals surface area contributed by atoms with Crippen LogP contribution in [0.1, 0.15) is 10.4 Å². The Hall–Kier alpha value is -3.00. The van der Waals surface area contributed by atoms with Crippen molar-refractivity contribution in [2.45, 2.75) is 0 Å². The van der Waals surface area contributed by atoms with Crippen LogP contribution in [0, 0.1) is 0 Å². The Morgan fingerprint density at radius 3 is 2.22 bits per heavy atom. The first-order valence-electron chi connectivity index (χ1n) is 8.05. The number of carbonyl (C=O) groups is 1. The van der Waals surface area contributed by atoms with Crippen molar-refractivity contribution in [1.29, 1.82) is 0 Å². The number of ether oxygens (including phenoxy) is 4. The minimum Gasteiger partial charge on any atom is -0.497 e. The third-order valence-electron chi connectivity index (χ3n) is 4.15. The first-order chi connectivity index (χ1) is 13.0. The van der Waals surface area contributed by atoms with Crippen LogP contribution in [0.5, 0.6) is 23.0 Å². The van der Waals surface area contributed by atoms with Crippen molar-refractivity contribution < 1.29 is 23.7 Å². The van der Waals surface area contributed by atoms with Gasteiger partial charge in [0.2, 0.25) is 0 Å². The van der Waals surface area contributed by atoms with Crippen molar-refractivity contribution in [3.63, 3.8) is 0 Å². The molecule has 0 aliphatic rings. The molecule has 1 heterocycles. The molecule has 8 heteroatoms. The molecule has 0 atom stereocenters. The number of benzene rings is 2. The number of fused-ring (bicyclic) bond motifs is 1. The van der Waals surface area contributed by atoms with Crippen molar-refractivity contribution >= 4 is 27.5 Å². The topological polar surface area (TPSA) is 71.3 Å². The summed E-state index contributed by atoms with van der Waals surface area (Å²) in [7, 11) is 8.07. The van der Waals surface area contributed by atoms with E-state index in [1.807, 2.05) is 23.7 Å². The van der Waals surface area contributed by atoms with Gasteiger partial charge in [-0.2, -0.15) is 4.99 Å². The van der Waals surface area contributed by atoms with Crippen molar-refractivity contribution in [1.82, 2.24) is 4.57 Å². The fraction of sp³-hybridized carbons (Fsp3) is 0.263. The minimum atomic E-state index is -0.410. The van der Waals surface area contributed by atoms with Gasteiger partial charge in [-0.05, 0) is 18.2 Å². The molecule has 0 unspecified atom stereocenters. The highest BCUT2D eigenvalue weighted by molar-refractivity contribution is 7.16. The van der Waals surface area contributed by atoms with E-state index >= 15 is 0 Å². The SMILES string of the molecule is COc1ccc(OC)c(C(=O)N=c2sc3cc(OC)c(OC)cc3n2C)c1. The molecule has 2 aromatic carbocycles. The van der Waals surface area contributed by atoms with E-state index in [0.717, 1.165) is 10.2 Å². The smallest absolute Gasteiger partial charge is 0.283 e. The summed E-state index contributed by atoms with van der Waals surface area (Å²) in [5.74, 6) is 1.83. The van der Waals surface area contributed by atoms with Crippen LogP contribution >= 0.6 is 11.3 Å². The number of methoxy groups -OCH3 is 4. The van der Waals surface area contributed by atoms with E-state index < -0.39 is 5.91 Å². The van der Waals surface area contributed by atoms with Gasteiger partial charge in [-0.15, -0.1) is 0 Å². The molecule has 0 saturated heterocycles. The highest BCUT2D eigenvalue weighted by atomic mass is 32.1. The van der Waals surface area contributed by atoms with E-state index in [-0.39, 0.29) is 0 Å². The van der Waals surface area contributed by atoms with E-state index in [2.05, 4.69) is 4.99 Å². The molecule has 1 aromatic heterocycles. The average molecular weight is 388 g/mol. The molecule has 1 amide bonds. The summed E-state index contributed by atoms with van der Waals surface area (Å²) < 4.78 is 23.9. The lowest BCUT2D eigenvalue weighted by atomic mass is 10.2. The van der Waals surface area contributed by atoms with Crippen molar-refractivity contribution in [2.75, 3.05) is 28.4 Å². The normalized spacial score (nSPS) is 11.5. The molecule has 7 nitrogen and oxygen atoms in total. The van der Waals surface area contributed by atoms with E-state index in [1.54, 1.807) is 39.5 Å². The molecule has 142 valence electrons. The van der Waals surface area contributed by atoms with E-state index in [0.29, 0.717) is 33.4 Å². The molecular formula is C19H20N2O5S. The maximum Gasteiger partial charge on any atom is 0.283 e. The second-order valence-corrected chi connectivity index (χ2v) is 6.61. The van der Waals surface area contributed by atoms with Crippen LogP contribution in [0.2, 0.25) is 0 Å². The van der Waals surface area contributed by atoms with Gasteiger partial charge < -0.3 is 23.5 Å². The second kappa shape index (κ2) is 7.71. The number of amides is 1. The zero-order chi connectivity index (χ0) is 19.6. The van der Waals surface area contributed by atoms with Gasteiger partial charge in [-0.1, -0.05) is 11.3 Å². The lowest BCUT2D eigenvalue weighted by molar-refractivity contribution is 0.0994. The number of hydrogen-bond donors (Lipinski definition) is 0. The quantitative estimate of drug-likeness (QED) is 0.672. The molecule has 0 spiro atoms. The molecule has 0 aliphatic carbocycles. The molecule has 0 bridgehead atoms. The van der Waals surface area contributed by atoms with Crippen LogP contribution in [0.25, 0.3) is 10.2 Å². The number of aryl methyl sites for hydroxylation is 1. The first-order valence-corrected chi connectivity index (χ1v) is 8.86. The predicted molar refractivity (Wildman–Crippen MR) is 103 cm³/mol. The number of aromatic nitrogens is 1. The lowest BCUT2D eigenvalue weighted by Gasteiger charge is -2.07. The minimum absolute atomic E-state index is 0.337. The zero-order valence-electron chi connectivity index (χ0n) is 15.7. The molecule has 0 saturated carbocycles. The Bertz CT molecular complexity index is 1070. The Morgan fingerprint density at radius 2 is 1.59 bits per heavy atom. The van der Waals surface area contributed by atoms with Crippen LogP contribution in [-0.2, 0) is 7.05 Å². The zero-order valence-corrected chi connectivity index (χ0v) is 16.5. The fourth-order valence-electron chi connectivity index (χ4n) is 2.69. The van der Waals surface area contributed by atoms with Gasteiger partial charge in [0.1, 0.15) is 11.5 Å². The fourth-order valence-corrected chi connectivity index (χ4v) is 3.72. The summed E-state index contributed by atoms with van der Waals surface area (Å²) in [5.41, 5.74) is 1.23. The largest absolute Gasteiger partial charge is 0.497 e. The summed E-state index contributed by atoms with van der Waals surface area (Å²) >= 11 is 1.39. The van der Waals surface area contributed by atoms with Gasteiger partial charge in [-0.3, -0.25) is 4.79 Å². The summed E-state index contributed by atoms with van der Waals surface area (Å²) in [4.78, 5) is 17.6. The second-order valence-electron chi connectivity index (χ2n) is 5.60. The third kappa shape index (κ3) is 3.48. The maximum absolute atomic E-state index is 12.8. The Balaban J connectivity index is 2.13. The molecule has 0 N–H and O–H groups in total. The summed E-state index contributed by atoms with van der Waals surface area (Å²) in [6.07, 6.45) is 0. The lowest BCUT2D eigenvalue weighted by Crippen LogP contribution is -2.13. The van der Waals surface area contributed by atoms with E-state index in [4.69, 9.17) is 18.9 Å². The van der Waals surface area contributed by atoms with E-state index in [1.165, 1.54) is 18.4 Å². The Kier molecular flexibility index (Phi) is 5.36. The van der Waals surface area contributed by atoms with Gasteiger partial charge in [0, 0.05) is 19.2 Å². The standard InChI is InChI=1S/C19H20N2O5S/c1-21-13-9-15(25-4)16(26-5)10-17(13)27-19(21)20-18(22)12-8-11(23-2)6-7-14(12)24-3/h6-10H,1-5H3. The Labute approximate surface area is 160 Å². The van der Waals surface area contributed by atoms with Crippen molar-refractivity contribution in [3.8, 4) is 23.0 Å². The number of nitrogens with zero attached hydrogens (tertiary/aromatic N) is 2. The van der Waals surface area contributed by atoms with Gasteiger partial charge >= 0.3 is 0 Å². The number of carbonyl (C=O) groups excluding carboxylic acids is 1. The first kappa shape index (κ1) is 18.8. The molecule has 0 aliphatic heterocycles. The Morgan fingerprint density at radius 1 is 0.926 bits per heavy atom. The van der Waals surface area contributed by atoms with Crippen LogP contribution in [0.15, 0.2) is 35.3 Å². The summed E-state index contributed by atoms with van der Waals surface area (Å²) in [5, 5.41) is 0. The third-order valence-corrected chi connectivity index (χ3v) is 5.24. The van der Waals surface area contributed by atoms with Crippen molar-refractivity contribution in [3.05, 3.63) is 40.7 Å². The molecular weight excluding hydrogens is 368 g/mol. The maximum atomic E-state index is 12.8. The molecule has 0 radical (unpaired) electrons. The molecule has 3 aromatic rings. The molecule has 0 fully saturated rings. The van der Waals surface area contributed by atoms with Gasteiger partial charge in [0.05, 0.1) is 44.2 Å². The van der Waals surface area contributed by atoms with Gasteiger partial charge in [0.25, 0.3) is 5.91 Å². The highest BCUT2D eigenvalue weighted by Gasteiger charge is 2.15. The summed E-state index contributed by atoms with van der Waals surface area (Å²) in [6, 6.07) is 8.76. The average Bonchev–Trinajstić information content (AvgIpc) is 3.00. The number of hydrogen-bond acceptors (Lipinski definition) is 6. The monoisotopic (exact) mass is 388 g/mol. The molecule has 3 rings (SSSR count). The van der Waals surface area contributed by atoms with Crippen LogP contribution < -0.4 is 23.7 Å². The van der Waals surface area contributed by atoms with Crippen LogP contribution in [0.4, 0.5) is 0 Å². The number of rotatable bonds is 5. The van der Waals surface area contributed by atoms with Gasteiger partial charge in [-0.25, -0.2) is 0 Å².